The normalized spacial score (nSPS) is 15.1. The summed E-state index contributed by atoms with van der Waals surface area (Å²) < 4.78 is 5.73. The van der Waals surface area contributed by atoms with E-state index in [0.29, 0.717) is 0 Å². The number of rotatable bonds is 4. The molecule has 0 aliphatic carbocycles. The maximum Gasteiger partial charge on any atom is 0.120 e. The van der Waals surface area contributed by atoms with Crippen LogP contribution in [0.3, 0.4) is 0 Å². The van der Waals surface area contributed by atoms with Gasteiger partial charge in [-0.3, -0.25) is 0 Å². The fraction of sp³-hybridized carbons (Fsp3) is 0.444. The molecule has 2 aromatic rings. The van der Waals surface area contributed by atoms with Crippen LogP contribution in [0.2, 0.25) is 0 Å². The Bertz CT molecular complexity index is 536. The van der Waals surface area contributed by atoms with Gasteiger partial charge in [0.05, 0.1) is 6.04 Å². The van der Waals surface area contributed by atoms with Gasteiger partial charge in [-0.05, 0) is 37.0 Å². The van der Waals surface area contributed by atoms with Crippen LogP contribution in [0.1, 0.15) is 56.9 Å². The number of nitrogens with one attached hydrogen (secondary N) is 1. The Labute approximate surface area is 122 Å². The molecule has 2 unspecified atom stereocenters. The highest BCUT2D eigenvalue weighted by Crippen LogP contribution is 2.34. The van der Waals surface area contributed by atoms with Crippen LogP contribution < -0.4 is 5.32 Å². The van der Waals surface area contributed by atoms with Gasteiger partial charge < -0.3 is 9.73 Å². The van der Waals surface area contributed by atoms with Gasteiger partial charge in [0.1, 0.15) is 11.5 Å². The predicted molar refractivity (Wildman–Crippen MR) is 83.6 cm³/mol. The van der Waals surface area contributed by atoms with Gasteiger partial charge >= 0.3 is 0 Å². The van der Waals surface area contributed by atoms with Gasteiger partial charge in [-0.15, -0.1) is 0 Å². The van der Waals surface area contributed by atoms with E-state index >= 15 is 0 Å². The average Bonchev–Trinajstić information content (AvgIpc) is 2.82. The van der Waals surface area contributed by atoms with Gasteiger partial charge in [-0.1, -0.05) is 51.1 Å². The molecule has 1 heterocycles. The molecule has 1 aromatic carbocycles. The highest BCUT2D eigenvalue weighted by atomic mass is 16.3. The smallest absolute Gasteiger partial charge is 0.120 e. The van der Waals surface area contributed by atoms with Crippen molar-refractivity contribution in [2.24, 2.45) is 5.41 Å². The molecule has 1 N–H and O–H groups in total. The zero-order chi connectivity index (χ0) is 14.8. The number of hydrogen-bond acceptors (Lipinski definition) is 2. The molecular weight excluding hydrogens is 246 g/mol. The second-order valence-electron chi connectivity index (χ2n) is 6.55. The van der Waals surface area contributed by atoms with E-state index in [0.717, 1.165) is 11.5 Å². The van der Waals surface area contributed by atoms with Gasteiger partial charge in [0.2, 0.25) is 0 Å². The lowest BCUT2D eigenvalue weighted by Crippen LogP contribution is -2.34. The molecule has 20 heavy (non-hydrogen) atoms. The highest BCUT2D eigenvalue weighted by Gasteiger charge is 2.28. The minimum absolute atomic E-state index is 0.136. The van der Waals surface area contributed by atoms with Crippen molar-refractivity contribution in [1.29, 1.82) is 0 Å². The Hall–Kier alpha value is -1.54. The van der Waals surface area contributed by atoms with Crippen molar-refractivity contribution in [2.75, 3.05) is 0 Å². The zero-order valence-electron chi connectivity index (χ0n) is 13.1. The molecule has 0 amide bonds. The Morgan fingerprint density at radius 1 is 1.00 bits per heavy atom. The molecule has 2 atom stereocenters. The van der Waals surface area contributed by atoms with E-state index in [1.165, 1.54) is 5.56 Å². The van der Waals surface area contributed by atoms with E-state index < -0.39 is 0 Å². The highest BCUT2D eigenvalue weighted by molar-refractivity contribution is 5.21. The lowest BCUT2D eigenvalue weighted by Gasteiger charge is -2.34. The van der Waals surface area contributed by atoms with Crippen molar-refractivity contribution in [1.82, 2.24) is 5.32 Å². The third-order valence-corrected chi connectivity index (χ3v) is 3.60. The first-order chi connectivity index (χ1) is 9.38. The number of aryl methyl sites for hydroxylation is 1. The summed E-state index contributed by atoms with van der Waals surface area (Å²) in [6.45, 7) is 10.9. The molecule has 2 rings (SSSR count). The quantitative estimate of drug-likeness (QED) is 0.844. The van der Waals surface area contributed by atoms with Crippen molar-refractivity contribution >= 4 is 0 Å². The van der Waals surface area contributed by atoms with E-state index in [1.807, 2.05) is 13.0 Å². The molecule has 0 saturated heterocycles. The number of furan rings is 1. The molecule has 0 saturated carbocycles. The van der Waals surface area contributed by atoms with Crippen LogP contribution in [0.5, 0.6) is 0 Å². The molecule has 0 fully saturated rings. The second-order valence-corrected chi connectivity index (χ2v) is 6.55. The molecule has 0 bridgehead atoms. The lowest BCUT2D eigenvalue weighted by molar-refractivity contribution is 0.243. The molecule has 0 spiro atoms. The molecule has 2 heteroatoms. The van der Waals surface area contributed by atoms with Crippen molar-refractivity contribution < 1.29 is 4.42 Å². The van der Waals surface area contributed by atoms with E-state index in [4.69, 9.17) is 4.42 Å². The zero-order valence-corrected chi connectivity index (χ0v) is 13.1. The van der Waals surface area contributed by atoms with Crippen LogP contribution in [-0.2, 0) is 0 Å². The SMILES string of the molecule is Cc1ccc(C(C)NC(c2ccccc2)C(C)(C)C)o1. The summed E-state index contributed by atoms with van der Waals surface area (Å²) in [4.78, 5) is 0. The first-order valence-corrected chi connectivity index (χ1v) is 7.25. The summed E-state index contributed by atoms with van der Waals surface area (Å²) in [7, 11) is 0. The number of hydrogen-bond donors (Lipinski definition) is 1. The molecule has 0 aliphatic heterocycles. The Morgan fingerprint density at radius 3 is 2.15 bits per heavy atom. The van der Waals surface area contributed by atoms with E-state index in [-0.39, 0.29) is 17.5 Å². The van der Waals surface area contributed by atoms with Crippen molar-refractivity contribution in [3.05, 3.63) is 59.5 Å². The molecular formula is C18H25NO. The van der Waals surface area contributed by atoms with Crippen LogP contribution in [0.15, 0.2) is 46.9 Å². The second kappa shape index (κ2) is 5.84. The largest absolute Gasteiger partial charge is 0.465 e. The van der Waals surface area contributed by atoms with Crippen LogP contribution >= 0.6 is 0 Å². The van der Waals surface area contributed by atoms with Crippen molar-refractivity contribution in [3.8, 4) is 0 Å². The Kier molecular flexibility index (Phi) is 4.34. The molecule has 2 nitrogen and oxygen atoms in total. The van der Waals surface area contributed by atoms with Crippen LogP contribution in [0, 0.1) is 12.3 Å². The number of benzene rings is 1. The maximum absolute atomic E-state index is 5.73. The summed E-state index contributed by atoms with van der Waals surface area (Å²) in [6, 6.07) is 15.2. The monoisotopic (exact) mass is 271 g/mol. The minimum atomic E-state index is 0.136. The summed E-state index contributed by atoms with van der Waals surface area (Å²) in [5.74, 6) is 1.95. The average molecular weight is 271 g/mol. The summed E-state index contributed by atoms with van der Waals surface area (Å²) in [5.41, 5.74) is 1.45. The van der Waals surface area contributed by atoms with Crippen LogP contribution in [0.25, 0.3) is 0 Å². The molecule has 0 radical (unpaired) electrons. The van der Waals surface area contributed by atoms with Crippen molar-refractivity contribution in [2.45, 2.75) is 46.7 Å². The Morgan fingerprint density at radius 2 is 1.65 bits per heavy atom. The maximum atomic E-state index is 5.73. The van der Waals surface area contributed by atoms with E-state index in [1.54, 1.807) is 0 Å². The van der Waals surface area contributed by atoms with Gasteiger partial charge in [0.25, 0.3) is 0 Å². The standard InChI is InChI=1S/C18H25NO/c1-13-11-12-16(20-13)14(2)19-17(18(3,4)5)15-9-7-6-8-10-15/h6-12,14,17,19H,1-5H3. The fourth-order valence-electron chi connectivity index (χ4n) is 2.51. The predicted octanol–water partition coefficient (Wildman–Crippen LogP) is 5.03. The van der Waals surface area contributed by atoms with Crippen LogP contribution in [0.4, 0.5) is 0 Å². The molecule has 108 valence electrons. The lowest BCUT2D eigenvalue weighted by atomic mass is 9.82. The van der Waals surface area contributed by atoms with E-state index in [2.05, 4.69) is 69.4 Å². The van der Waals surface area contributed by atoms with Crippen molar-refractivity contribution in [3.63, 3.8) is 0 Å². The fourth-order valence-corrected chi connectivity index (χ4v) is 2.51. The molecule has 1 aromatic heterocycles. The third kappa shape index (κ3) is 3.51. The topological polar surface area (TPSA) is 25.2 Å². The first-order valence-electron chi connectivity index (χ1n) is 7.25. The summed E-state index contributed by atoms with van der Waals surface area (Å²) in [5, 5.41) is 3.71. The first kappa shape index (κ1) is 14.9. The van der Waals surface area contributed by atoms with Gasteiger partial charge in [0, 0.05) is 6.04 Å². The Balaban J connectivity index is 2.21. The summed E-state index contributed by atoms with van der Waals surface area (Å²) in [6.07, 6.45) is 0. The third-order valence-electron chi connectivity index (χ3n) is 3.60. The summed E-state index contributed by atoms with van der Waals surface area (Å²) >= 11 is 0. The van der Waals surface area contributed by atoms with Gasteiger partial charge in [0.15, 0.2) is 0 Å². The minimum Gasteiger partial charge on any atom is -0.465 e. The van der Waals surface area contributed by atoms with E-state index in [9.17, 15) is 0 Å². The van der Waals surface area contributed by atoms with Gasteiger partial charge in [-0.2, -0.15) is 0 Å². The van der Waals surface area contributed by atoms with Crippen LogP contribution in [-0.4, -0.2) is 0 Å². The molecule has 0 aliphatic rings. The van der Waals surface area contributed by atoms with Gasteiger partial charge in [-0.25, -0.2) is 0 Å².